The van der Waals surface area contributed by atoms with E-state index in [-0.39, 0.29) is 38.5 Å². The van der Waals surface area contributed by atoms with Gasteiger partial charge in [-0.3, -0.25) is 4.68 Å². The Morgan fingerprint density at radius 3 is 1.32 bits per heavy atom. The summed E-state index contributed by atoms with van der Waals surface area (Å²) >= 11 is 1.72. The summed E-state index contributed by atoms with van der Waals surface area (Å²) in [6.07, 6.45) is 5.82. The second kappa shape index (κ2) is 21.0. The number of nitrogens with zero attached hydrogens (tertiary/aromatic N) is 3. The molecular weight excluding hydrogens is 470 g/mol. The Morgan fingerprint density at radius 1 is 0.676 bits per heavy atom. The SMILES string of the molecule is C.C.C.CC.CC.CC(C)(C)c1nccs1.Cc1ccc(C(C)(C)C)cc1.Cn1cc(C(C)(C)C)cn1. The van der Waals surface area contributed by atoms with Gasteiger partial charge in [-0.1, -0.05) is 142 Å². The number of hydrogen-bond acceptors (Lipinski definition) is 3. The molecule has 0 N–H and O–H groups in total. The van der Waals surface area contributed by atoms with Crippen LogP contribution in [0.25, 0.3) is 0 Å². The van der Waals surface area contributed by atoms with Crippen molar-refractivity contribution in [2.75, 3.05) is 0 Å². The lowest BCUT2D eigenvalue weighted by atomic mass is 9.87. The molecule has 0 aliphatic rings. The van der Waals surface area contributed by atoms with Crippen molar-refractivity contribution in [3.05, 3.63) is 69.9 Å². The highest BCUT2D eigenvalue weighted by molar-refractivity contribution is 7.09. The van der Waals surface area contributed by atoms with Crippen LogP contribution in [0.4, 0.5) is 0 Å². The van der Waals surface area contributed by atoms with Crippen molar-refractivity contribution in [1.82, 2.24) is 14.8 Å². The first-order valence-corrected chi connectivity index (χ1v) is 13.4. The molecule has 2 heterocycles. The van der Waals surface area contributed by atoms with Gasteiger partial charge in [-0.25, -0.2) is 4.98 Å². The van der Waals surface area contributed by atoms with Gasteiger partial charge in [-0.15, -0.1) is 11.3 Å². The first kappa shape index (κ1) is 45.0. The topological polar surface area (TPSA) is 30.7 Å². The Labute approximate surface area is 238 Å². The van der Waals surface area contributed by atoms with Crippen molar-refractivity contribution in [1.29, 1.82) is 0 Å². The fourth-order valence-electron chi connectivity index (χ4n) is 2.46. The number of aromatic nitrogens is 3. The van der Waals surface area contributed by atoms with E-state index in [0.717, 1.165) is 0 Å². The van der Waals surface area contributed by atoms with E-state index in [1.54, 1.807) is 11.3 Å². The van der Waals surface area contributed by atoms with E-state index in [1.807, 2.05) is 57.2 Å². The molecule has 0 fully saturated rings. The minimum atomic E-state index is 0. The summed E-state index contributed by atoms with van der Waals surface area (Å²) in [5, 5.41) is 7.32. The largest absolute Gasteiger partial charge is 0.276 e. The summed E-state index contributed by atoms with van der Waals surface area (Å²) in [5.41, 5.74) is 4.77. The zero-order valence-electron chi connectivity index (χ0n) is 24.9. The maximum Gasteiger partial charge on any atom is 0.0978 e. The van der Waals surface area contributed by atoms with Gasteiger partial charge in [0.2, 0.25) is 0 Å². The van der Waals surface area contributed by atoms with Crippen LogP contribution in [0.5, 0.6) is 0 Å². The van der Waals surface area contributed by atoms with Crippen molar-refractivity contribution in [3.8, 4) is 0 Å². The summed E-state index contributed by atoms with van der Waals surface area (Å²) in [7, 11) is 1.94. The summed E-state index contributed by atoms with van der Waals surface area (Å²) in [5.74, 6) is 0. The standard InChI is InChI=1S/C11H16.C8H14N2.C7H11NS.2C2H6.3CH4/c1-9-5-7-10(8-6-9)11(2,3)4;1-8(2,3)7-5-9-10(4)6-7;1-7(2,3)6-8-4-5-9-6;2*1-2;;;/h5-8H,1-4H3;5-6H,1-4H3;4-5H,1-3H3;2*1-2H3;3*1H4. The molecule has 0 spiro atoms. The molecule has 1 aromatic carbocycles. The van der Waals surface area contributed by atoms with Crippen LogP contribution < -0.4 is 0 Å². The number of hydrogen-bond donors (Lipinski definition) is 0. The summed E-state index contributed by atoms with van der Waals surface area (Å²) in [6.45, 7) is 29.9. The van der Waals surface area contributed by atoms with Crippen molar-refractivity contribution < 1.29 is 0 Å². The normalized spacial score (nSPS) is 9.92. The number of thiazole rings is 1. The molecule has 3 rings (SSSR count). The highest BCUT2D eigenvalue weighted by Crippen LogP contribution is 2.23. The third-order valence-electron chi connectivity index (χ3n) is 4.56. The van der Waals surface area contributed by atoms with E-state index in [1.165, 1.54) is 21.7 Å². The predicted molar refractivity (Wildman–Crippen MR) is 175 cm³/mol. The van der Waals surface area contributed by atoms with Crippen LogP contribution in [0.15, 0.2) is 48.2 Å². The van der Waals surface area contributed by atoms with Gasteiger partial charge >= 0.3 is 0 Å². The van der Waals surface area contributed by atoms with Crippen molar-refractivity contribution in [2.45, 2.75) is 135 Å². The van der Waals surface area contributed by atoms with Crippen LogP contribution in [-0.2, 0) is 23.3 Å². The fraction of sp³-hybridized carbons (Fsp3) is 0.636. The van der Waals surface area contributed by atoms with E-state index in [4.69, 9.17) is 0 Å². The number of aryl methyl sites for hydroxylation is 2. The van der Waals surface area contributed by atoms with Gasteiger partial charge in [-0.05, 0) is 28.9 Å². The van der Waals surface area contributed by atoms with E-state index < -0.39 is 0 Å². The molecule has 0 aliphatic heterocycles. The van der Waals surface area contributed by atoms with Crippen molar-refractivity contribution in [2.24, 2.45) is 7.05 Å². The van der Waals surface area contributed by atoms with E-state index >= 15 is 0 Å². The third kappa shape index (κ3) is 19.8. The molecule has 0 atom stereocenters. The Balaban J connectivity index is -0.000000125. The minimum absolute atomic E-state index is 0. The van der Waals surface area contributed by atoms with Gasteiger partial charge in [0.1, 0.15) is 0 Å². The smallest absolute Gasteiger partial charge is 0.0978 e. The van der Waals surface area contributed by atoms with Crippen LogP contribution in [-0.4, -0.2) is 14.8 Å². The zero-order valence-corrected chi connectivity index (χ0v) is 25.7. The van der Waals surface area contributed by atoms with Gasteiger partial charge in [0, 0.05) is 30.2 Å². The van der Waals surface area contributed by atoms with Gasteiger partial charge in [0.05, 0.1) is 11.2 Å². The number of rotatable bonds is 0. The average molecular weight is 536 g/mol. The molecule has 0 unspecified atom stereocenters. The second-order valence-electron chi connectivity index (χ2n) is 10.9. The van der Waals surface area contributed by atoms with Crippen LogP contribution in [0.1, 0.15) is 134 Å². The van der Waals surface area contributed by atoms with Crippen molar-refractivity contribution >= 4 is 11.3 Å². The van der Waals surface area contributed by atoms with Crippen LogP contribution in [0.3, 0.4) is 0 Å². The summed E-state index contributed by atoms with van der Waals surface area (Å²) < 4.78 is 1.83. The Kier molecular flexibility index (Phi) is 25.6. The quantitative estimate of drug-likeness (QED) is 0.286. The maximum absolute atomic E-state index is 4.21. The number of benzene rings is 1. The maximum atomic E-state index is 4.21. The molecule has 3 nitrogen and oxygen atoms in total. The van der Waals surface area contributed by atoms with Gasteiger partial charge in [0.15, 0.2) is 0 Å². The second-order valence-corrected chi connectivity index (χ2v) is 11.8. The highest BCUT2D eigenvalue weighted by Gasteiger charge is 2.15. The van der Waals surface area contributed by atoms with E-state index in [9.17, 15) is 0 Å². The molecule has 3 aromatic rings. The molecule has 4 heteroatoms. The van der Waals surface area contributed by atoms with E-state index in [2.05, 4.69) is 110 Å². The third-order valence-corrected chi connectivity index (χ3v) is 5.76. The molecule has 0 radical (unpaired) electrons. The summed E-state index contributed by atoms with van der Waals surface area (Å²) in [6, 6.07) is 8.74. The van der Waals surface area contributed by atoms with Crippen LogP contribution >= 0.6 is 11.3 Å². The average Bonchev–Trinajstić information content (AvgIpc) is 3.43. The highest BCUT2D eigenvalue weighted by atomic mass is 32.1. The molecule has 0 saturated heterocycles. The lowest BCUT2D eigenvalue weighted by molar-refractivity contribution is 0.585. The Morgan fingerprint density at radius 2 is 1.11 bits per heavy atom. The first-order chi connectivity index (χ1) is 15.6. The zero-order chi connectivity index (χ0) is 27.2. The lowest BCUT2D eigenvalue weighted by Crippen LogP contribution is -2.10. The monoisotopic (exact) mass is 535 g/mol. The molecule has 37 heavy (non-hydrogen) atoms. The lowest BCUT2D eigenvalue weighted by Gasteiger charge is -2.18. The Bertz CT molecular complexity index is 854. The van der Waals surface area contributed by atoms with E-state index in [0.29, 0.717) is 0 Å². The summed E-state index contributed by atoms with van der Waals surface area (Å²) in [4.78, 5) is 4.21. The molecular formula is C33H65N3S. The van der Waals surface area contributed by atoms with Gasteiger partial charge in [-0.2, -0.15) is 5.10 Å². The van der Waals surface area contributed by atoms with Crippen LogP contribution in [0, 0.1) is 6.92 Å². The molecule has 218 valence electrons. The Hall–Kier alpha value is -1.94. The molecule has 0 amide bonds. The molecule has 0 bridgehead atoms. The molecule has 2 aromatic heterocycles. The first-order valence-electron chi connectivity index (χ1n) is 12.6. The van der Waals surface area contributed by atoms with Gasteiger partial charge < -0.3 is 0 Å². The van der Waals surface area contributed by atoms with Crippen molar-refractivity contribution in [3.63, 3.8) is 0 Å². The van der Waals surface area contributed by atoms with Crippen LogP contribution in [0.2, 0.25) is 0 Å². The molecule has 0 saturated carbocycles. The molecule has 0 aliphatic carbocycles. The van der Waals surface area contributed by atoms with Gasteiger partial charge in [0.25, 0.3) is 0 Å². The predicted octanol–water partition coefficient (Wildman–Crippen LogP) is 11.4. The minimum Gasteiger partial charge on any atom is -0.276 e. The fourth-order valence-corrected chi connectivity index (χ4v) is 3.18.